The zero-order chi connectivity index (χ0) is 15.3. The van der Waals surface area contributed by atoms with Crippen molar-refractivity contribution in [2.75, 3.05) is 5.32 Å². The fourth-order valence-electron chi connectivity index (χ4n) is 3.59. The molecule has 3 rings (SSSR count). The Bertz CT molecular complexity index is 642. The smallest absolute Gasteiger partial charge is 0.293 e. The van der Waals surface area contributed by atoms with Gasteiger partial charge in [0.1, 0.15) is 10.8 Å². The molecule has 2 aliphatic rings. The highest BCUT2D eigenvalue weighted by Crippen LogP contribution is 2.54. The molecule has 1 aromatic carbocycles. The second-order valence-corrected chi connectivity index (χ2v) is 6.45. The van der Waals surface area contributed by atoms with Crippen molar-refractivity contribution in [3.8, 4) is 5.75 Å². The van der Waals surface area contributed by atoms with E-state index in [4.69, 9.17) is 11.6 Å². The summed E-state index contributed by atoms with van der Waals surface area (Å²) in [5, 5.41) is 24.9. The molecule has 0 fully saturated rings. The van der Waals surface area contributed by atoms with Gasteiger partial charge in [-0.2, -0.15) is 0 Å². The molecular formula is C15H17ClN2O3. The van der Waals surface area contributed by atoms with Crippen molar-refractivity contribution in [1.82, 2.24) is 0 Å². The number of hydrogen-bond donors (Lipinski definition) is 2. The van der Waals surface area contributed by atoms with Crippen LogP contribution in [0.15, 0.2) is 18.2 Å². The predicted molar refractivity (Wildman–Crippen MR) is 82.0 cm³/mol. The van der Waals surface area contributed by atoms with Gasteiger partial charge >= 0.3 is 0 Å². The summed E-state index contributed by atoms with van der Waals surface area (Å²) in [6.45, 7) is 4.22. The number of nitro benzene ring substituents is 1. The third-order valence-corrected chi connectivity index (χ3v) is 4.78. The van der Waals surface area contributed by atoms with Crippen LogP contribution in [0.4, 0.5) is 11.4 Å². The molecule has 112 valence electrons. The van der Waals surface area contributed by atoms with Gasteiger partial charge < -0.3 is 10.4 Å². The van der Waals surface area contributed by atoms with Gasteiger partial charge in [0.15, 0.2) is 0 Å². The van der Waals surface area contributed by atoms with E-state index < -0.39 is 4.92 Å². The van der Waals surface area contributed by atoms with Crippen LogP contribution in [0.25, 0.3) is 0 Å². The second-order valence-electron chi connectivity index (χ2n) is 6.04. The Morgan fingerprint density at radius 2 is 2.24 bits per heavy atom. The average molecular weight is 309 g/mol. The number of halogens is 1. The molecule has 0 unspecified atom stereocenters. The largest absolute Gasteiger partial charge is 0.506 e. The van der Waals surface area contributed by atoms with Crippen molar-refractivity contribution in [2.24, 2.45) is 11.8 Å². The number of anilines is 1. The van der Waals surface area contributed by atoms with Crippen LogP contribution < -0.4 is 5.32 Å². The molecule has 3 atom stereocenters. The number of phenolic OH excluding ortho intramolecular Hbond substituents is 1. The van der Waals surface area contributed by atoms with Crippen molar-refractivity contribution >= 4 is 23.0 Å². The van der Waals surface area contributed by atoms with Crippen molar-refractivity contribution < 1.29 is 10.0 Å². The van der Waals surface area contributed by atoms with E-state index in [1.807, 2.05) is 6.08 Å². The topological polar surface area (TPSA) is 75.4 Å². The number of phenols is 1. The monoisotopic (exact) mass is 308 g/mol. The van der Waals surface area contributed by atoms with E-state index in [1.165, 1.54) is 6.07 Å². The van der Waals surface area contributed by atoms with E-state index in [0.717, 1.165) is 6.42 Å². The number of rotatable bonds is 2. The minimum absolute atomic E-state index is 0.0138. The molecule has 1 aliphatic heterocycles. The number of benzene rings is 1. The van der Waals surface area contributed by atoms with Gasteiger partial charge in [0, 0.05) is 18.0 Å². The van der Waals surface area contributed by atoms with E-state index in [2.05, 4.69) is 25.2 Å². The summed E-state index contributed by atoms with van der Waals surface area (Å²) < 4.78 is 0. The molecule has 21 heavy (non-hydrogen) atoms. The summed E-state index contributed by atoms with van der Waals surface area (Å²) in [5.41, 5.74) is 0.874. The highest BCUT2D eigenvalue weighted by Gasteiger charge is 2.44. The number of aromatic hydroxyl groups is 1. The molecule has 0 amide bonds. The third kappa shape index (κ3) is 2.07. The van der Waals surface area contributed by atoms with Gasteiger partial charge in [0.2, 0.25) is 0 Å². The molecule has 1 heterocycles. The van der Waals surface area contributed by atoms with Crippen LogP contribution in [0, 0.1) is 22.0 Å². The van der Waals surface area contributed by atoms with Crippen LogP contribution in [-0.2, 0) is 0 Å². The van der Waals surface area contributed by atoms with Crippen molar-refractivity contribution in [3.05, 3.63) is 38.9 Å². The number of nitrogens with one attached hydrogen (secondary N) is 1. The lowest BCUT2D eigenvalue weighted by Crippen LogP contribution is -2.39. The highest BCUT2D eigenvalue weighted by molar-refractivity contribution is 6.33. The van der Waals surface area contributed by atoms with E-state index in [0.29, 0.717) is 17.2 Å². The molecule has 0 saturated heterocycles. The fourth-order valence-corrected chi connectivity index (χ4v) is 3.87. The third-order valence-electron chi connectivity index (χ3n) is 4.49. The molecular weight excluding hydrogens is 292 g/mol. The van der Waals surface area contributed by atoms with E-state index in [1.54, 1.807) is 0 Å². The standard InChI is InChI=1S/C15H17ClN2O3/c1-7(2)13-9-5-3-4-8(9)12-14(17-13)11(19)6-10(16)15(12)18(20)21/h3-4,6-9,13,17,19H,5H2,1-2H3/t8-,9-,13+/m1/s1. The molecule has 2 N–H and O–H groups in total. The van der Waals surface area contributed by atoms with Crippen molar-refractivity contribution in [2.45, 2.75) is 32.2 Å². The Morgan fingerprint density at radius 3 is 2.86 bits per heavy atom. The summed E-state index contributed by atoms with van der Waals surface area (Å²) in [7, 11) is 0. The molecule has 6 heteroatoms. The zero-order valence-corrected chi connectivity index (χ0v) is 12.6. The minimum atomic E-state index is -0.457. The molecule has 0 radical (unpaired) electrons. The molecule has 1 aliphatic carbocycles. The second kappa shape index (κ2) is 4.91. The Morgan fingerprint density at radius 1 is 1.52 bits per heavy atom. The maximum Gasteiger partial charge on any atom is 0.293 e. The first kappa shape index (κ1) is 14.2. The van der Waals surface area contributed by atoms with Crippen molar-refractivity contribution in [3.63, 3.8) is 0 Å². The van der Waals surface area contributed by atoms with Gasteiger partial charge in [-0.05, 0) is 18.3 Å². The lowest BCUT2D eigenvalue weighted by molar-refractivity contribution is -0.385. The van der Waals surface area contributed by atoms with Crippen LogP contribution in [0.3, 0.4) is 0 Å². The van der Waals surface area contributed by atoms with Crippen LogP contribution in [0.1, 0.15) is 31.7 Å². The summed E-state index contributed by atoms with van der Waals surface area (Å²) in [4.78, 5) is 10.9. The van der Waals surface area contributed by atoms with E-state index >= 15 is 0 Å². The van der Waals surface area contributed by atoms with Crippen molar-refractivity contribution in [1.29, 1.82) is 0 Å². The van der Waals surface area contributed by atoms with Crippen LogP contribution in [-0.4, -0.2) is 16.1 Å². The van der Waals surface area contributed by atoms with E-state index in [-0.39, 0.29) is 34.3 Å². The lowest BCUT2D eigenvalue weighted by atomic mass is 9.75. The number of nitrogens with zero attached hydrogens (tertiary/aromatic N) is 1. The summed E-state index contributed by atoms with van der Waals surface area (Å²) in [6.07, 6.45) is 4.94. The molecule has 5 nitrogen and oxygen atoms in total. The highest BCUT2D eigenvalue weighted by atomic mass is 35.5. The molecule has 0 bridgehead atoms. The first-order valence-electron chi connectivity index (χ1n) is 7.04. The average Bonchev–Trinajstić information content (AvgIpc) is 2.86. The van der Waals surface area contributed by atoms with Crippen LogP contribution in [0.5, 0.6) is 5.75 Å². The molecule has 0 spiro atoms. The minimum Gasteiger partial charge on any atom is -0.506 e. The summed E-state index contributed by atoms with van der Waals surface area (Å²) in [5.74, 6) is 0.525. The van der Waals surface area contributed by atoms with Crippen LogP contribution in [0.2, 0.25) is 5.02 Å². The van der Waals surface area contributed by atoms with Gasteiger partial charge in [-0.25, -0.2) is 0 Å². The SMILES string of the molecule is CC(C)[C@@H]1Nc2c(O)cc(Cl)c([N+](=O)[O-])c2[C@@H]2C=CC[C@H]21. The van der Waals surface area contributed by atoms with Gasteiger partial charge in [0.25, 0.3) is 5.69 Å². The zero-order valence-electron chi connectivity index (χ0n) is 11.8. The molecule has 0 saturated carbocycles. The van der Waals surface area contributed by atoms with Gasteiger partial charge in [0.05, 0.1) is 16.2 Å². The summed E-state index contributed by atoms with van der Waals surface area (Å²) >= 11 is 6.00. The Labute approximate surface area is 127 Å². The number of nitro groups is 1. The predicted octanol–water partition coefficient (Wildman–Crippen LogP) is 4.06. The van der Waals surface area contributed by atoms with Gasteiger partial charge in [-0.1, -0.05) is 37.6 Å². The Balaban J connectivity index is 2.24. The maximum absolute atomic E-state index is 11.4. The normalized spacial score (nSPS) is 26.4. The molecule has 1 aromatic rings. The van der Waals surface area contributed by atoms with Gasteiger partial charge in [-0.15, -0.1) is 0 Å². The van der Waals surface area contributed by atoms with Crippen LogP contribution >= 0.6 is 11.6 Å². The Kier molecular flexibility index (Phi) is 3.32. The van der Waals surface area contributed by atoms with Gasteiger partial charge in [-0.3, -0.25) is 10.1 Å². The number of fused-ring (bicyclic) bond motifs is 3. The maximum atomic E-state index is 11.4. The lowest BCUT2D eigenvalue weighted by Gasteiger charge is -2.39. The quantitative estimate of drug-likeness (QED) is 0.374. The summed E-state index contributed by atoms with van der Waals surface area (Å²) in [6, 6.07) is 1.42. The first-order chi connectivity index (χ1) is 9.91. The number of allylic oxidation sites excluding steroid dienone is 2. The van der Waals surface area contributed by atoms with E-state index in [9.17, 15) is 15.2 Å². The fraction of sp³-hybridized carbons (Fsp3) is 0.467. The first-order valence-corrected chi connectivity index (χ1v) is 7.42. The molecule has 0 aromatic heterocycles. The number of hydrogen-bond acceptors (Lipinski definition) is 4. The Hall–Kier alpha value is -1.75.